The van der Waals surface area contributed by atoms with Crippen molar-refractivity contribution >= 4 is 17.5 Å². The average Bonchev–Trinajstić information content (AvgIpc) is 2.42. The van der Waals surface area contributed by atoms with Gasteiger partial charge in [0.25, 0.3) is 0 Å². The number of rotatable bonds is 13. The zero-order chi connectivity index (χ0) is 14.3. The molecule has 0 bridgehead atoms. The second-order valence-electron chi connectivity index (χ2n) is 5.02. The van der Waals surface area contributed by atoms with Gasteiger partial charge < -0.3 is 10.0 Å². The first kappa shape index (κ1) is 18.7. The van der Waals surface area contributed by atoms with E-state index < -0.39 is 0 Å². The van der Waals surface area contributed by atoms with Crippen molar-refractivity contribution in [1.82, 2.24) is 4.90 Å². The van der Waals surface area contributed by atoms with Gasteiger partial charge in [0.1, 0.15) is 0 Å². The molecule has 0 atom stereocenters. The molecular formula is C15H30ClNO2. The fourth-order valence-corrected chi connectivity index (χ4v) is 2.25. The molecule has 0 fully saturated rings. The van der Waals surface area contributed by atoms with Gasteiger partial charge in [-0.05, 0) is 25.7 Å². The predicted molar refractivity (Wildman–Crippen MR) is 81.6 cm³/mol. The molecule has 0 spiro atoms. The Hall–Kier alpha value is -0.280. The van der Waals surface area contributed by atoms with Crippen molar-refractivity contribution in [1.29, 1.82) is 0 Å². The molecular weight excluding hydrogens is 262 g/mol. The molecule has 0 saturated heterocycles. The van der Waals surface area contributed by atoms with Crippen molar-refractivity contribution in [2.45, 2.75) is 64.7 Å². The molecule has 0 saturated carbocycles. The van der Waals surface area contributed by atoms with Gasteiger partial charge in [0.15, 0.2) is 0 Å². The number of hydrogen-bond acceptors (Lipinski definition) is 2. The number of alkyl halides is 1. The molecule has 4 heteroatoms. The second-order valence-corrected chi connectivity index (χ2v) is 5.40. The zero-order valence-electron chi connectivity index (χ0n) is 12.4. The molecule has 114 valence electrons. The third-order valence-corrected chi connectivity index (χ3v) is 3.51. The van der Waals surface area contributed by atoms with E-state index in [0.717, 1.165) is 25.8 Å². The highest BCUT2D eigenvalue weighted by Gasteiger charge is 2.12. The first-order chi connectivity index (χ1) is 9.26. The lowest BCUT2D eigenvalue weighted by Crippen LogP contribution is -2.33. The van der Waals surface area contributed by atoms with Gasteiger partial charge in [0.2, 0.25) is 5.91 Å². The molecule has 0 heterocycles. The summed E-state index contributed by atoms with van der Waals surface area (Å²) in [4.78, 5) is 14.0. The van der Waals surface area contributed by atoms with Gasteiger partial charge in [0, 0.05) is 32.0 Å². The number of carbonyl (C=O) groups excluding carboxylic acids is 1. The summed E-state index contributed by atoms with van der Waals surface area (Å²) in [7, 11) is 0. The topological polar surface area (TPSA) is 40.5 Å². The Balaban J connectivity index is 3.88. The lowest BCUT2D eigenvalue weighted by Gasteiger charge is -2.22. The summed E-state index contributed by atoms with van der Waals surface area (Å²) < 4.78 is 0. The van der Waals surface area contributed by atoms with Crippen LogP contribution in [0.25, 0.3) is 0 Å². The van der Waals surface area contributed by atoms with E-state index in [4.69, 9.17) is 16.7 Å². The molecule has 0 radical (unpaired) electrons. The summed E-state index contributed by atoms with van der Waals surface area (Å²) in [5, 5.41) is 8.90. The van der Waals surface area contributed by atoms with Crippen molar-refractivity contribution in [2.24, 2.45) is 0 Å². The van der Waals surface area contributed by atoms with Crippen molar-refractivity contribution in [3.63, 3.8) is 0 Å². The van der Waals surface area contributed by atoms with E-state index in [2.05, 4.69) is 6.92 Å². The Morgan fingerprint density at radius 1 is 1.00 bits per heavy atom. The maximum absolute atomic E-state index is 12.0. The van der Waals surface area contributed by atoms with Crippen LogP contribution >= 0.6 is 11.6 Å². The average molecular weight is 292 g/mol. The Kier molecular flexibility index (Phi) is 13.9. The highest BCUT2D eigenvalue weighted by atomic mass is 35.5. The summed E-state index contributed by atoms with van der Waals surface area (Å²) in [6, 6.07) is 0. The molecule has 0 aromatic rings. The normalized spacial score (nSPS) is 10.7. The Labute approximate surface area is 123 Å². The van der Waals surface area contributed by atoms with Crippen LogP contribution in [0.5, 0.6) is 0 Å². The summed E-state index contributed by atoms with van der Waals surface area (Å²) in [5.41, 5.74) is 0. The van der Waals surface area contributed by atoms with Gasteiger partial charge in [-0.15, -0.1) is 11.6 Å². The molecule has 0 rings (SSSR count). The molecule has 0 aromatic heterocycles. The molecule has 19 heavy (non-hydrogen) atoms. The fourth-order valence-electron chi connectivity index (χ4n) is 2.06. The largest absolute Gasteiger partial charge is 0.396 e. The molecule has 0 aliphatic carbocycles. The van der Waals surface area contributed by atoms with Crippen LogP contribution in [0.2, 0.25) is 0 Å². The fraction of sp³-hybridized carbons (Fsp3) is 0.933. The van der Waals surface area contributed by atoms with Crippen molar-refractivity contribution in [3.8, 4) is 0 Å². The van der Waals surface area contributed by atoms with E-state index in [0.29, 0.717) is 25.3 Å². The van der Waals surface area contributed by atoms with E-state index in [9.17, 15) is 4.79 Å². The highest BCUT2D eigenvalue weighted by Crippen LogP contribution is 2.07. The lowest BCUT2D eigenvalue weighted by atomic mass is 10.1. The van der Waals surface area contributed by atoms with Gasteiger partial charge in [-0.2, -0.15) is 0 Å². The van der Waals surface area contributed by atoms with Gasteiger partial charge in [0.05, 0.1) is 0 Å². The third kappa shape index (κ3) is 11.3. The van der Waals surface area contributed by atoms with E-state index in [1.165, 1.54) is 25.7 Å². The van der Waals surface area contributed by atoms with Gasteiger partial charge in [-0.3, -0.25) is 4.79 Å². The standard InChI is InChI=1S/C15H30ClNO2/c1-2-3-4-5-8-12-17(13-9-14-18)15(19)10-6-7-11-16/h18H,2-14H2,1H3. The smallest absolute Gasteiger partial charge is 0.222 e. The predicted octanol–water partition coefficient (Wildman–Crippen LogP) is 3.58. The van der Waals surface area contributed by atoms with E-state index in [-0.39, 0.29) is 12.5 Å². The van der Waals surface area contributed by atoms with Crippen LogP contribution in [0.15, 0.2) is 0 Å². The van der Waals surface area contributed by atoms with E-state index in [1.807, 2.05) is 4.90 Å². The number of nitrogens with zero attached hydrogens (tertiary/aromatic N) is 1. The minimum absolute atomic E-state index is 0.154. The Morgan fingerprint density at radius 2 is 1.68 bits per heavy atom. The number of halogens is 1. The maximum Gasteiger partial charge on any atom is 0.222 e. The first-order valence-electron chi connectivity index (χ1n) is 7.70. The Bertz CT molecular complexity index is 212. The van der Waals surface area contributed by atoms with Crippen LogP contribution in [0.3, 0.4) is 0 Å². The number of unbranched alkanes of at least 4 members (excludes halogenated alkanes) is 5. The monoisotopic (exact) mass is 291 g/mol. The van der Waals surface area contributed by atoms with E-state index >= 15 is 0 Å². The Morgan fingerprint density at radius 3 is 2.32 bits per heavy atom. The van der Waals surface area contributed by atoms with Crippen molar-refractivity contribution < 1.29 is 9.90 Å². The zero-order valence-corrected chi connectivity index (χ0v) is 13.1. The summed E-state index contributed by atoms with van der Waals surface area (Å²) in [5.74, 6) is 0.843. The molecule has 0 aromatic carbocycles. The minimum Gasteiger partial charge on any atom is -0.396 e. The highest BCUT2D eigenvalue weighted by molar-refractivity contribution is 6.17. The number of aliphatic hydroxyl groups is 1. The number of aliphatic hydroxyl groups excluding tert-OH is 1. The molecule has 0 aliphatic rings. The number of carbonyl (C=O) groups is 1. The van der Waals surface area contributed by atoms with Crippen LogP contribution < -0.4 is 0 Å². The van der Waals surface area contributed by atoms with E-state index in [1.54, 1.807) is 0 Å². The number of amides is 1. The quantitative estimate of drug-likeness (QED) is 0.416. The molecule has 3 nitrogen and oxygen atoms in total. The second kappa shape index (κ2) is 14.1. The van der Waals surface area contributed by atoms with Crippen LogP contribution in [0, 0.1) is 0 Å². The lowest BCUT2D eigenvalue weighted by molar-refractivity contribution is -0.131. The van der Waals surface area contributed by atoms with Gasteiger partial charge >= 0.3 is 0 Å². The molecule has 1 amide bonds. The maximum atomic E-state index is 12.0. The third-order valence-electron chi connectivity index (χ3n) is 3.24. The van der Waals surface area contributed by atoms with Crippen LogP contribution in [0.1, 0.15) is 64.7 Å². The summed E-state index contributed by atoms with van der Waals surface area (Å²) in [6.07, 6.45) is 9.08. The summed E-state index contributed by atoms with van der Waals surface area (Å²) >= 11 is 5.62. The molecule has 0 aliphatic heterocycles. The number of hydrogen-bond donors (Lipinski definition) is 1. The minimum atomic E-state index is 0.154. The van der Waals surface area contributed by atoms with Crippen molar-refractivity contribution in [2.75, 3.05) is 25.6 Å². The van der Waals surface area contributed by atoms with Crippen LogP contribution in [0.4, 0.5) is 0 Å². The van der Waals surface area contributed by atoms with Crippen LogP contribution in [-0.2, 0) is 4.79 Å². The summed E-state index contributed by atoms with van der Waals surface area (Å²) in [6.45, 7) is 3.88. The first-order valence-corrected chi connectivity index (χ1v) is 8.24. The SMILES string of the molecule is CCCCCCCN(CCCO)C(=O)CCCCCl. The van der Waals surface area contributed by atoms with Gasteiger partial charge in [-0.25, -0.2) is 0 Å². The molecule has 0 unspecified atom stereocenters. The van der Waals surface area contributed by atoms with Gasteiger partial charge in [-0.1, -0.05) is 32.6 Å². The van der Waals surface area contributed by atoms with Crippen molar-refractivity contribution in [3.05, 3.63) is 0 Å². The molecule has 1 N–H and O–H groups in total. The van der Waals surface area contributed by atoms with Crippen LogP contribution in [-0.4, -0.2) is 41.5 Å².